The summed E-state index contributed by atoms with van der Waals surface area (Å²) in [5.41, 5.74) is 1.20. The number of ether oxygens (including phenoxy) is 1. The first-order valence-electron chi connectivity index (χ1n) is 4.59. The number of hydrogen-bond acceptors (Lipinski definition) is 3. The number of benzene rings is 1. The van der Waals surface area contributed by atoms with Crippen molar-refractivity contribution in [3.63, 3.8) is 0 Å². The van der Waals surface area contributed by atoms with Crippen LogP contribution < -0.4 is 10.1 Å². The van der Waals surface area contributed by atoms with Gasteiger partial charge in [-0.3, -0.25) is 0 Å². The molecule has 0 atom stereocenters. The molecular weight excluding hydrogens is 206 g/mol. The lowest BCUT2D eigenvalue weighted by Gasteiger charge is -2.07. The molecule has 0 fully saturated rings. The Kier molecular flexibility index (Phi) is 4.84. The van der Waals surface area contributed by atoms with Gasteiger partial charge in [-0.05, 0) is 23.1 Å². The van der Waals surface area contributed by atoms with Gasteiger partial charge in [-0.25, -0.2) is 0 Å². The third-order valence-electron chi connectivity index (χ3n) is 1.87. The smallest absolute Gasteiger partial charge is 0.118 e. The van der Waals surface area contributed by atoms with E-state index < -0.39 is 0 Å². The fraction of sp³-hybridized carbons (Fsp3) is 0.167. The van der Waals surface area contributed by atoms with Crippen molar-refractivity contribution in [3.8, 4) is 5.75 Å². The molecule has 0 heterocycles. The molecule has 1 aromatic carbocycles. The van der Waals surface area contributed by atoms with Gasteiger partial charge in [-0.15, -0.1) is 0 Å². The zero-order valence-corrected chi connectivity index (χ0v) is 9.64. The molecule has 0 aromatic heterocycles. The van der Waals surface area contributed by atoms with Gasteiger partial charge in [-0.2, -0.15) is 0 Å². The molecule has 2 nitrogen and oxygen atoms in total. The Bertz CT molecular complexity index is 332. The van der Waals surface area contributed by atoms with Crippen molar-refractivity contribution >= 4 is 11.8 Å². The summed E-state index contributed by atoms with van der Waals surface area (Å²) in [5, 5.41) is 5.85. The molecule has 0 aliphatic carbocycles. The van der Waals surface area contributed by atoms with Crippen LogP contribution in [0.4, 0.5) is 0 Å². The fourth-order valence-corrected chi connectivity index (χ4v) is 1.44. The maximum atomic E-state index is 5.08. The zero-order valence-electron chi connectivity index (χ0n) is 8.82. The number of nitrogens with one attached hydrogen (secondary N) is 1. The largest absolute Gasteiger partial charge is 0.497 e. The van der Waals surface area contributed by atoms with Crippen LogP contribution in [0.1, 0.15) is 5.56 Å². The van der Waals surface area contributed by atoms with Crippen molar-refractivity contribution in [2.75, 3.05) is 7.11 Å². The second-order valence-electron chi connectivity index (χ2n) is 2.91. The predicted molar refractivity (Wildman–Crippen MR) is 66.8 cm³/mol. The third kappa shape index (κ3) is 4.13. The van der Waals surface area contributed by atoms with E-state index in [2.05, 4.69) is 18.5 Å². The minimum absolute atomic E-state index is 0.768. The van der Waals surface area contributed by atoms with Crippen LogP contribution in [0, 0.1) is 0 Å². The Morgan fingerprint density at radius 1 is 1.47 bits per heavy atom. The van der Waals surface area contributed by atoms with Gasteiger partial charge in [0.15, 0.2) is 0 Å². The Hall–Kier alpha value is -1.35. The first kappa shape index (κ1) is 11.7. The summed E-state index contributed by atoms with van der Waals surface area (Å²) in [6.45, 7) is 8.24. The molecule has 15 heavy (non-hydrogen) atoms. The van der Waals surface area contributed by atoms with Crippen LogP contribution in [0.2, 0.25) is 0 Å². The number of rotatable bonds is 6. The van der Waals surface area contributed by atoms with Gasteiger partial charge < -0.3 is 10.1 Å². The highest BCUT2D eigenvalue weighted by Crippen LogP contribution is 2.13. The molecule has 0 radical (unpaired) electrons. The van der Waals surface area contributed by atoms with Crippen LogP contribution >= 0.6 is 11.8 Å². The quantitative estimate of drug-likeness (QED) is 0.797. The minimum atomic E-state index is 0.768. The molecule has 1 N–H and O–H groups in total. The summed E-state index contributed by atoms with van der Waals surface area (Å²) in [4.78, 5) is 0. The second-order valence-corrected chi connectivity index (χ2v) is 3.97. The maximum Gasteiger partial charge on any atom is 0.118 e. The summed E-state index contributed by atoms with van der Waals surface area (Å²) < 4.78 is 5.08. The van der Waals surface area contributed by atoms with E-state index in [4.69, 9.17) is 4.74 Å². The highest BCUT2D eigenvalue weighted by Gasteiger charge is 1.95. The van der Waals surface area contributed by atoms with Gasteiger partial charge in [-0.1, -0.05) is 37.1 Å². The lowest BCUT2D eigenvalue weighted by atomic mass is 10.2. The first-order valence-corrected chi connectivity index (χ1v) is 5.47. The molecular formula is C12H15NOS. The molecule has 0 saturated carbocycles. The number of methoxy groups -OCH3 is 1. The summed E-state index contributed by atoms with van der Waals surface area (Å²) in [6, 6.07) is 7.94. The normalized spacial score (nSPS) is 9.40. The lowest BCUT2D eigenvalue weighted by Crippen LogP contribution is -2.08. The van der Waals surface area contributed by atoms with E-state index in [9.17, 15) is 0 Å². The van der Waals surface area contributed by atoms with Crippen LogP contribution in [0.5, 0.6) is 5.75 Å². The second kappa shape index (κ2) is 6.19. The van der Waals surface area contributed by atoms with E-state index >= 15 is 0 Å². The molecule has 0 aliphatic heterocycles. The van der Waals surface area contributed by atoms with Gasteiger partial charge in [0.1, 0.15) is 5.75 Å². The molecule has 1 rings (SSSR count). The van der Waals surface area contributed by atoms with Crippen molar-refractivity contribution in [3.05, 3.63) is 53.4 Å². The standard InChI is InChI=1S/C12H15NOS/c1-4-15-10(2)13-9-11-5-7-12(14-3)8-6-11/h4-8,13H,1-2,9H2,3H3. The van der Waals surface area contributed by atoms with Crippen molar-refractivity contribution < 1.29 is 4.74 Å². The molecule has 0 spiro atoms. The van der Waals surface area contributed by atoms with Crippen LogP contribution in [0.15, 0.2) is 47.9 Å². The van der Waals surface area contributed by atoms with E-state index in [1.54, 1.807) is 12.5 Å². The zero-order chi connectivity index (χ0) is 11.1. The van der Waals surface area contributed by atoms with Crippen LogP contribution in [0.25, 0.3) is 0 Å². The SMILES string of the molecule is C=CSC(=C)NCc1ccc(OC)cc1. The third-order valence-corrected chi connectivity index (χ3v) is 2.47. The van der Waals surface area contributed by atoms with Crippen molar-refractivity contribution in [1.82, 2.24) is 5.32 Å². The fourth-order valence-electron chi connectivity index (χ4n) is 1.09. The summed E-state index contributed by atoms with van der Waals surface area (Å²) in [7, 11) is 1.66. The van der Waals surface area contributed by atoms with E-state index in [0.29, 0.717) is 0 Å². The average Bonchev–Trinajstić information content (AvgIpc) is 2.27. The summed E-state index contributed by atoms with van der Waals surface area (Å²) in [5.74, 6) is 0.873. The highest BCUT2D eigenvalue weighted by atomic mass is 32.2. The topological polar surface area (TPSA) is 21.3 Å². The van der Waals surface area contributed by atoms with Crippen LogP contribution in [-0.2, 0) is 6.54 Å². The van der Waals surface area contributed by atoms with E-state index in [1.165, 1.54) is 17.3 Å². The molecule has 0 bridgehead atoms. The van der Waals surface area contributed by atoms with Gasteiger partial charge in [0, 0.05) is 6.54 Å². The number of hydrogen-bond donors (Lipinski definition) is 1. The summed E-state index contributed by atoms with van der Waals surface area (Å²) in [6.07, 6.45) is 0. The van der Waals surface area contributed by atoms with Gasteiger partial charge in [0.2, 0.25) is 0 Å². The molecule has 0 amide bonds. The van der Waals surface area contributed by atoms with Gasteiger partial charge >= 0.3 is 0 Å². The maximum absolute atomic E-state index is 5.08. The molecule has 0 aliphatic rings. The molecule has 1 aromatic rings. The van der Waals surface area contributed by atoms with E-state index in [1.807, 2.05) is 24.3 Å². The van der Waals surface area contributed by atoms with Gasteiger partial charge in [0.25, 0.3) is 0 Å². The Morgan fingerprint density at radius 3 is 2.67 bits per heavy atom. The lowest BCUT2D eigenvalue weighted by molar-refractivity contribution is 0.414. The Balaban J connectivity index is 2.43. The monoisotopic (exact) mass is 221 g/mol. The van der Waals surface area contributed by atoms with Crippen molar-refractivity contribution in [2.45, 2.75) is 6.54 Å². The number of thioether (sulfide) groups is 1. The highest BCUT2D eigenvalue weighted by molar-refractivity contribution is 8.05. The van der Waals surface area contributed by atoms with E-state index in [-0.39, 0.29) is 0 Å². The van der Waals surface area contributed by atoms with Crippen molar-refractivity contribution in [1.29, 1.82) is 0 Å². The van der Waals surface area contributed by atoms with Crippen LogP contribution in [0.3, 0.4) is 0 Å². The van der Waals surface area contributed by atoms with E-state index in [0.717, 1.165) is 17.3 Å². The molecule has 3 heteroatoms. The summed E-state index contributed by atoms with van der Waals surface area (Å²) >= 11 is 1.49. The van der Waals surface area contributed by atoms with Crippen LogP contribution in [-0.4, -0.2) is 7.11 Å². The Morgan fingerprint density at radius 2 is 2.13 bits per heavy atom. The molecule has 80 valence electrons. The van der Waals surface area contributed by atoms with Gasteiger partial charge in [0.05, 0.1) is 12.1 Å². The molecule has 0 unspecified atom stereocenters. The Labute approximate surface area is 95.0 Å². The average molecular weight is 221 g/mol. The minimum Gasteiger partial charge on any atom is -0.497 e. The van der Waals surface area contributed by atoms with Crippen molar-refractivity contribution in [2.24, 2.45) is 0 Å². The molecule has 0 saturated heterocycles. The predicted octanol–water partition coefficient (Wildman–Crippen LogP) is 3.13. The first-order chi connectivity index (χ1) is 7.26.